The molecule has 0 radical (unpaired) electrons. The Balaban J connectivity index is 0.000000250. The molecule has 4 aliphatic heterocycles. The number of ether oxygens (including phenoxy) is 4. The molecule has 27 nitrogen and oxygen atoms in total. The smallest absolute Gasteiger partial charge is 0.410 e. The number of nitrogens with one attached hydrogen (secondary N) is 1. The number of β-amino-alcohol motifs (C(OH)–C–C–N with tert-alkyl or cyclic N) is 1. The van der Waals surface area contributed by atoms with Crippen molar-refractivity contribution in [2.45, 2.75) is 174 Å². The van der Waals surface area contributed by atoms with Crippen molar-refractivity contribution in [1.82, 2.24) is 49.1 Å². The molecule has 5 unspecified atom stereocenters. The van der Waals surface area contributed by atoms with E-state index >= 15 is 0 Å². The standard InChI is InChI=1S/C21H26F2N8O2.C9H14F2N4O2.C9H16F2N2O2.C9H16N4O3/c1-6-31-17(13-7-24-12(2)25-8-13)29-15-16(26-11-27-18(15)31)28-14-9-30(10-21(14,22)23)19(32)33-20(3,4)5;1-8(2,3)17-7(16)15-4-6(13-14-12)9(10,11)5-15;1-8(2,3)15-7(14)13-4-6(12)9(10,11)5-13;1-9(2,3)16-8(15)13-4-6(11-12-10)7(14)5-13/h7-8,11,14H,6,9-10H2,1-5H3,(H,26,27,28);6H,4-5H2,1-3H3;6H,4-5,12H2,1-3H3;6-7,14H,4-5H2,1-3H3. The normalized spacial score (nSPS) is 21.9. The number of amides is 4. The van der Waals surface area contributed by atoms with Crippen LogP contribution in [-0.4, -0.2) is 201 Å². The second kappa shape index (κ2) is 25.6. The second-order valence-electron chi connectivity index (χ2n) is 23.2. The molecule has 0 saturated carbocycles. The van der Waals surface area contributed by atoms with Crippen LogP contribution < -0.4 is 11.1 Å². The Morgan fingerprint density at radius 3 is 1.59 bits per heavy atom. The van der Waals surface area contributed by atoms with Crippen LogP contribution in [0, 0.1) is 6.92 Å². The number of alkyl halides is 6. The topological polar surface area (TPSA) is 343 Å². The first kappa shape index (κ1) is 66.1. The summed E-state index contributed by atoms with van der Waals surface area (Å²) in [5, 5.41) is 18.7. The van der Waals surface area contributed by atoms with Crippen LogP contribution in [0.1, 0.15) is 95.8 Å². The summed E-state index contributed by atoms with van der Waals surface area (Å²) in [6.07, 6.45) is 0.942. The molecule has 7 heterocycles. The largest absolute Gasteiger partial charge is 0.444 e. The van der Waals surface area contributed by atoms with E-state index in [4.69, 9.17) is 35.7 Å². The lowest BCUT2D eigenvalue weighted by Crippen LogP contribution is -2.38. The number of aryl methyl sites for hydroxylation is 2. The van der Waals surface area contributed by atoms with Crippen molar-refractivity contribution in [2.24, 2.45) is 16.0 Å². The van der Waals surface area contributed by atoms with Gasteiger partial charge in [-0.3, -0.25) is 4.90 Å². The van der Waals surface area contributed by atoms with Gasteiger partial charge in [0, 0.05) is 48.4 Å². The Labute approximate surface area is 463 Å². The summed E-state index contributed by atoms with van der Waals surface area (Å²) in [6, 6.07) is -4.77. The van der Waals surface area contributed by atoms with Gasteiger partial charge in [0.1, 0.15) is 52.5 Å². The quantitative estimate of drug-likeness (QED) is 0.0686. The van der Waals surface area contributed by atoms with E-state index in [1.165, 1.54) is 11.2 Å². The number of aliphatic hydroxyl groups is 1. The third-order valence-electron chi connectivity index (χ3n) is 11.4. The number of hydrogen-bond donors (Lipinski definition) is 3. The van der Waals surface area contributed by atoms with Crippen molar-refractivity contribution >= 4 is 41.4 Å². The predicted octanol–water partition coefficient (Wildman–Crippen LogP) is 8.31. The number of aliphatic hydroxyl groups excluding tert-OH is 1. The van der Waals surface area contributed by atoms with Gasteiger partial charge in [-0.05, 0) is 108 Å². The van der Waals surface area contributed by atoms with Crippen LogP contribution in [0.4, 0.5) is 51.3 Å². The van der Waals surface area contributed by atoms with E-state index in [-0.39, 0.29) is 38.5 Å². The van der Waals surface area contributed by atoms with Crippen LogP contribution in [-0.2, 0) is 25.5 Å². The van der Waals surface area contributed by atoms with Gasteiger partial charge in [-0.15, -0.1) is 0 Å². The van der Waals surface area contributed by atoms with E-state index in [0.717, 1.165) is 14.7 Å². The molecule has 33 heteroatoms. The van der Waals surface area contributed by atoms with Gasteiger partial charge < -0.3 is 54.4 Å². The number of carbonyl (C=O) groups is 4. The van der Waals surface area contributed by atoms with Gasteiger partial charge in [-0.2, -0.15) is 0 Å². The number of hydrogen-bond acceptors (Lipinski definition) is 18. The van der Waals surface area contributed by atoms with E-state index in [2.05, 4.69) is 50.3 Å². The highest BCUT2D eigenvalue weighted by Crippen LogP contribution is 2.35. The molecule has 4 aliphatic rings. The third-order valence-corrected chi connectivity index (χ3v) is 11.4. The minimum Gasteiger partial charge on any atom is -0.444 e. The summed E-state index contributed by atoms with van der Waals surface area (Å²) < 4.78 is 104. The molecule has 4 N–H and O–H groups in total. The summed E-state index contributed by atoms with van der Waals surface area (Å²) >= 11 is 0. The van der Waals surface area contributed by atoms with Crippen LogP contribution in [0.15, 0.2) is 28.9 Å². The molecule has 5 atom stereocenters. The molecule has 0 aliphatic carbocycles. The number of nitrogens with two attached hydrogens (primary N) is 1. The number of azide groups is 2. The maximum Gasteiger partial charge on any atom is 0.410 e. The van der Waals surface area contributed by atoms with Crippen LogP contribution in [0.3, 0.4) is 0 Å². The van der Waals surface area contributed by atoms with E-state index in [9.17, 15) is 50.6 Å². The van der Waals surface area contributed by atoms with Gasteiger partial charge in [0.05, 0.1) is 56.5 Å². The number of likely N-dealkylation sites (tertiary alicyclic amines) is 4. The summed E-state index contributed by atoms with van der Waals surface area (Å²) in [6.45, 7) is 22.0. The van der Waals surface area contributed by atoms with Gasteiger partial charge in [-0.25, -0.2) is 70.4 Å². The number of fused-ring (bicyclic) bond motifs is 1. The number of imidazole rings is 1. The Morgan fingerprint density at radius 1 is 0.679 bits per heavy atom. The minimum absolute atomic E-state index is 0.137. The van der Waals surface area contributed by atoms with Gasteiger partial charge in [0.25, 0.3) is 17.8 Å². The zero-order valence-corrected chi connectivity index (χ0v) is 47.7. The highest BCUT2D eigenvalue weighted by Gasteiger charge is 2.52. The number of halogens is 6. The summed E-state index contributed by atoms with van der Waals surface area (Å²) in [4.78, 5) is 77.5. The molecule has 81 heavy (non-hydrogen) atoms. The fourth-order valence-corrected chi connectivity index (χ4v) is 7.75. The fraction of sp³-hybridized carbons (Fsp3) is 0.729. The van der Waals surface area contributed by atoms with Gasteiger partial charge >= 0.3 is 24.4 Å². The highest BCUT2D eigenvalue weighted by molar-refractivity contribution is 5.86. The molecular formula is C48H72F6N18O9. The number of aromatic nitrogens is 6. The average Bonchev–Trinajstić information content (AvgIpc) is 4.28. The average molecular weight is 1160 g/mol. The summed E-state index contributed by atoms with van der Waals surface area (Å²) in [5.41, 5.74) is 20.4. The zero-order valence-electron chi connectivity index (χ0n) is 47.7. The van der Waals surface area contributed by atoms with E-state index in [0.29, 0.717) is 34.9 Å². The zero-order chi connectivity index (χ0) is 61.4. The third kappa shape index (κ3) is 19.1. The summed E-state index contributed by atoms with van der Waals surface area (Å²) in [7, 11) is 0. The fourth-order valence-electron chi connectivity index (χ4n) is 7.75. The van der Waals surface area contributed by atoms with Crippen molar-refractivity contribution in [3.63, 3.8) is 0 Å². The molecule has 0 spiro atoms. The van der Waals surface area contributed by atoms with Crippen molar-refractivity contribution in [2.75, 3.05) is 57.7 Å². The number of nitrogens with zero attached hydrogens (tertiary/aromatic N) is 16. The number of carbonyl (C=O) groups excluding carboxylic acids is 4. The maximum atomic E-state index is 14.8. The number of anilines is 1. The van der Waals surface area contributed by atoms with Gasteiger partial charge in [-0.1, -0.05) is 10.2 Å². The van der Waals surface area contributed by atoms with Crippen LogP contribution >= 0.6 is 0 Å². The Kier molecular flexibility index (Phi) is 20.9. The van der Waals surface area contributed by atoms with Crippen LogP contribution in [0.2, 0.25) is 0 Å². The molecular weight excluding hydrogens is 1090 g/mol. The lowest BCUT2D eigenvalue weighted by molar-refractivity contribution is -0.00942. The molecule has 3 aromatic heterocycles. The van der Waals surface area contributed by atoms with Crippen LogP contribution in [0.5, 0.6) is 0 Å². The molecule has 4 fully saturated rings. The lowest BCUT2D eigenvalue weighted by atomic mass is 10.2. The first-order valence-electron chi connectivity index (χ1n) is 25.4. The van der Waals surface area contributed by atoms with E-state index < -0.39 is 114 Å². The highest BCUT2D eigenvalue weighted by atomic mass is 19.3. The van der Waals surface area contributed by atoms with Crippen molar-refractivity contribution in [1.29, 1.82) is 0 Å². The Bertz CT molecular complexity index is 2790. The first-order valence-corrected chi connectivity index (χ1v) is 25.4. The van der Waals surface area contributed by atoms with Gasteiger partial charge in [0.15, 0.2) is 17.0 Å². The van der Waals surface area contributed by atoms with E-state index in [1.807, 2.05) is 11.5 Å². The second-order valence-corrected chi connectivity index (χ2v) is 23.2. The molecule has 4 saturated heterocycles. The van der Waals surface area contributed by atoms with Crippen molar-refractivity contribution < 1.29 is 69.6 Å². The van der Waals surface area contributed by atoms with Crippen molar-refractivity contribution in [3.05, 3.63) is 45.4 Å². The van der Waals surface area contributed by atoms with E-state index in [1.54, 1.807) is 102 Å². The Morgan fingerprint density at radius 2 is 1.14 bits per heavy atom. The lowest BCUT2D eigenvalue weighted by Gasteiger charge is -2.24. The molecule has 0 bridgehead atoms. The molecule has 450 valence electrons. The monoisotopic (exact) mass is 1160 g/mol. The molecule has 0 aromatic carbocycles. The Hall–Kier alpha value is -7.37. The summed E-state index contributed by atoms with van der Waals surface area (Å²) in [5.74, 6) is -8.06. The molecule has 7 rings (SSSR count). The predicted molar refractivity (Wildman–Crippen MR) is 280 cm³/mol. The molecule has 3 aromatic rings. The van der Waals surface area contributed by atoms with Gasteiger partial charge in [0.2, 0.25) is 0 Å². The minimum atomic E-state index is -3.21. The maximum absolute atomic E-state index is 14.8. The van der Waals surface area contributed by atoms with Crippen LogP contribution in [0.25, 0.3) is 43.4 Å². The number of rotatable bonds is 6. The SMILES string of the molecule is CC(C)(C)OC(=O)N1CC(N)C(F)(F)C1.CC(C)(C)OC(=O)N1CC(N=[N+]=[N-])C(F)(F)C1.CC(C)(C)OC(=O)N1CC(O)C(N=[N+]=[N-])C1.CCn1c(-c2cnc(C)nc2)nc2c(NC3CN(C(=O)OC(C)(C)C)CC3(F)F)ncnc21. The first-order chi connectivity index (χ1) is 37.1. The van der Waals surface area contributed by atoms with Crippen molar-refractivity contribution in [3.8, 4) is 11.4 Å². The molecule has 4 amide bonds.